The molecule has 28 heavy (non-hydrogen) atoms. The van der Waals surface area contributed by atoms with Crippen LogP contribution < -0.4 is 0 Å². The Balaban J connectivity index is 2.37. The van der Waals surface area contributed by atoms with Crippen molar-refractivity contribution in [2.45, 2.75) is 29.8 Å². The van der Waals surface area contributed by atoms with Crippen molar-refractivity contribution >= 4 is 16.1 Å². The molecule has 0 amide bonds. The van der Waals surface area contributed by atoms with Crippen molar-refractivity contribution < 1.29 is 39.7 Å². The highest BCUT2D eigenvalue weighted by Crippen LogP contribution is 2.53. The molecule has 0 aromatic heterocycles. The lowest BCUT2D eigenvalue weighted by Gasteiger charge is -2.30. The third kappa shape index (κ3) is 3.88. The van der Waals surface area contributed by atoms with Crippen LogP contribution in [0.2, 0.25) is 0 Å². The van der Waals surface area contributed by atoms with E-state index in [1.54, 1.807) is 0 Å². The first-order valence-corrected chi connectivity index (χ1v) is 8.65. The molecule has 0 aliphatic carbocycles. The lowest BCUT2D eigenvalue weighted by molar-refractivity contribution is -0.348. The van der Waals surface area contributed by atoms with E-state index in [9.17, 15) is 39.7 Å². The van der Waals surface area contributed by atoms with Crippen LogP contribution in [0.25, 0.3) is 4.91 Å². The van der Waals surface area contributed by atoms with Gasteiger partial charge in [0.25, 0.3) is 0 Å². The van der Waals surface area contributed by atoms with Gasteiger partial charge in [-0.05, 0) is 37.3 Å². The van der Waals surface area contributed by atoms with E-state index in [0.717, 1.165) is 18.2 Å². The van der Waals surface area contributed by atoms with Crippen molar-refractivity contribution in [1.82, 2.24) is 0 Å². The molecular formula is C18H12F8OS. The molecule has 0 bridgehead atoms. The molecule has 2 rings (SSSR count). The van der Waals surface area contributed by atoms with Gasteiger partial charge in [0.2, 0.25) is 0 Å². The minimum Gasteiger partial charge on any atom is -0.606 e. The molecule has 0 heterocycles. The fraction of sp³-hybridized carbons (Fsp3) is 0.222. The van der Waals surface area contributed by atoms with E-state index in [1.807, 2.05) is 0 Å². The Labute approximate surface area is 157 Å². The highest BCUT2D eigenvalue weighted by molar-refractivity contribution is 8.00. The van der Waals surface area contributed by atoms with Crippen LogP contribution in [0, 0.1) is 12.7 Å². The molecule has 2 aromatic carbocycles. The molecule has 1 unspecified atom stereocenters. The Kier molecular flexibility index (Phi) is 5.87. The summed E-state index contributed by atoms with van der Waals surface area (Å²) in [6.45, 7) is 4.95. The van der Waals surface area contributed by atoms with Crippen molar-refractivity contribution in [3.63, 3.8) is 0 Å². The van der Waals surface area contributed by atoms with Gasteiger partial charge in [-0.2, -0.15) is 26.3 Å². The topological polar surface area (TPSA) is 23.1 Å². The number of benzene rings is 2. The Morgan fingerprint density at radius 1 is 0.893 bits per heavy atom. The van der Waals surface area contributed by atoms with Gasteiger partial charge in [0.15, 0.2) is 9.80 Å². The van der Waals surface area contributed by atoms with Gasteiger partial charge >= 0.3 is 18.0 Å². The molecule has 1 atom stereocenters. The number of hydrogen-bond acceptors (Lipinski definition) is 1. The van der Waals surface area contributed by atoms with Crippen molar-refractivity contribution in [3.05, 3.63) is 71.6 Å². The van der Waals surface area contributed by atoms with Gasteiger partial charge in [-0.1, -0.05) is 18.2 Å². The first kappa shape index (κ1) is 22.2. The highest BCUT2D eigenvalue weighted by atomic mass is 32.2. The summed E-state index contributed by atoms with van der Waals surface area (Å²) < 4.78 is 117. The summed E-state index contributed by atoms with van der Waals surface area (Å²) in [5.41, 5.74) is -7.03. The fourth-order valence-corrected chi connectivity index (χ4v) is 3.35. The van der Waals surface area contributed by atoms with Gasteiger partial charge in [0, 0.05) is 28.4 Å². The van der Waals surface area contributed by atoms with Crippen molar-refractivity contribution in [3.8, 4) is 0 Å². The maximum absolute atomic E-state index is 14.0. The minimum absolute atomic E-state index is 0.00241. The van der Waals surface area contributed by atoms with Gasteiger partial charge < -0.3 is 4.55 Å². The third-order valence-corrected chi connectivity index (χ3v) is 5.33. The summed E-state index contributed by atoms with van der Waals surface area (Å²) in [7, 11) is 0. The van der Waals surface area contributed by atoms with Crippen molar-refractivity contribution in [2.24, 2.45) is 0 Å². The van der Waals surface area contributed by atoms with Crippen LogP contribution in [0.15, 0.2) is 53.9 Å². The van der Waals surface area contributed by atoms with Crippen LogP contribution in [0.4, 0.5) is 35.1 Å². The second-order valence-corrected chi connectivity index (χ2v) is 7.34. The average Bonchev–Trinajstić information content (AvgIpc) is 2.60. The van der Waals surface area contributed by atoms with Gasteiger partial charge in [-0.15, -0.1) is 0 Å². The van der Waals surface area contributed by atoms with Crippen LogP contribution in [-0.4, -0.2) is 16.9 Å². The normalized spacial score (nSPS) is 14.1. The van der Waals surface area contributed by atoms with E-state index in [2.05, 4.69) is 6.58 Å². The molecule has 0 radical (unpaired) electrons. The molecule has 0 aliphatic heterocycles. The van der Waals surface area contributed by atoms with Crippen molar-refractivity contribution in [1.29, 1.82) is 0 Å². The monoisotopic (exact) mass is 428 g/mol. The molecule has 0 N–H and O–H groups in total. The lowest BCUT2D eigenvalue weighted by atomic mass is 9.93. The van der Waals surface area contributed by atoms with E-state index in [1.165, 1.54) is 19.1 Å². The zero-order chi connectivity index (χ0) is 21.5. The summed E-state index contributed by atoms with van der Waals surface area (Å²) in [4.78, 5) is -0.194. The summed E-state index contributed by atoms with van der Waals surface area (Å²) >= 11 is -2.03. The second-order valence-electron chi connectivity index (χ2n) is 5.83. The van der Waals surface area contributed by atoms with E-state index in [0.29, 0.717) is 12.1 Å². The molecule has 2 aromatic rings. The average molecular weight is 428 g/mol. The van der Waals surface area contributed by atoms with Crippen LogP contribution in [0.1, 0.15) is 16.7 Å². The zero-order valence-electron chi connectivity index (χ0n) is 14.1. The molecule has 0 saturated carbocycles. The SMILES string of the molecule is C=C(c1ccc(C(F)(C(F)(F)F)C(F)(F)F)cc1)[S+]([O-])c1ccc(C)c(F)c1. The molecule has 152 valence electrons. The predicted octanol–water partition coefficient (Wildman–Crippen LogP) is 6.20. The Bertz CT molecular complexity index is 857. The van der Waals surface area contributed by atoms with E-state index in [4.69, 9.17) is 0 Å². The number of alkyl halides is 7. The maximum atomic E-state index is 14.0. The Hall–Kier alpha value is -2.07. The maximum Gasteiger partial charge on any atom is 0.435 e. The molecule has 0 aliphatic rings. The Morgan fingerprint density at radius 3 is 1.82 bits per heavy atom. The number of aryl methyl sites for hydroxylation is 1. The first-order chi connectivity index (χ1) is 12.7. The largest absolute Gasteiger partial charge is 0.606 e. The summed E-state index contributed by atoms with van der Waals surface area (Å²) in [5.74, 6) is -0.647. The standard InChI is InChI=1S/C18H12F8OS/c1-10-3-8-14(9-15(10)19)28(27)11(2)12-4-6-13(7-5-12)16(20,17(21,22)23)18(24,25)26/h3-9H,2H2,1H3. The van der Waals surface area contributed by atoms with Gasteiger partial charge in [-0.3, -0.25) is 0 Å². The molecule has 0 fully saturated rings. The lowest BCUT2D eigenvalue weighted by Crippen LogP contribution is -2.50. The van der Waals surface area contributed by atoms with Crippen LogP contribution in [0.3, 0.4) is 0 Å². The second kappa shape index (κ2) is 7.40. The zero-order valence-corrected chi connectivity index (χ0v) is 14.9. The van der Waals surface area contributed by atoms with E-state index in [-0.39, 0.29) is 20.9 Å². The smallest absolute Gasteiger partial charge is 0.435 e. The molecule has 1 nitrogen and oxygen atoms in total. The van der Waals surface area contributed by atoms with Crippen molar-refractivity contribution in [2.75, 3.05) is 0 Å². The summed E-state index contributed by atoms with van der Waals surface area (Å²) in [6, 6.07) is 5.75. The molecule has 0 saturated heterocycles. The minimum atomic E-state index is -6.23. The summed E-state index contributed by atoms with van der Waals surface area (Å²) in [6.07, 6.45) is -12.5. The van der Waals surface area contributed by atoms with Gasteiger partial charge in [-0.25, -0.2) is 8.78 Å². The molecule has 10 heteroatoms. The fourth-order valence-electron chi connectivity index (χ4n) is 2.31. The number of hydrogen-bond donors (Lipinski definition) is 0. The quantitative estimate of drug-likeness (QED) is 0.420. The van der Waals surface area contributed by atoms with Gasteiger partial charge in [0.1, 0.15) is 5.82 Å². The third-order valence-electron chi connectivity index (χ3n) is 3.97. The van der Waals surface area contributed by atoms with Crippen LogP contribution in [0.5, 0.6) is 0 Å². The predicted molar refractivity (Wildman–Crippen MR) is 87.9 cm³/mol. The summed E-state index contributed by atoms with van der Waals surface area (Å²) in [5, 5.41) is 0. The van der Waals surface area contributed by atoms with Crippen LogP contribution in [-0.2, 0) is 16.8 Å². The van der Waals surface area contributed by atoms with Gasteiger partial charge in [0.05, 0.1) is 0 Å². The molecular weight excluding hydrogens is 416 g/mol. The first-order valence-electron chi connectivity index (χ1n) is 7.50. The molecule has 0 spiro atoms. The number of rotatable bonds is 4. The highest BCUT2D eigenvalue weighted by Gasteiger charge is 2.73. The van der Waals surface area contributed by atoms with Crippen LogP contribution >= 0.6 is 0 Å². The number of halogens is 8. The van der Waals surface area contributed by atoms with E-state index >= 15 is 0 Å². The Morgan fingerprint density at radius 2 is 1.39 bits per heavy atom. The van der Waals surface area contributed by atoms with E-state index < -0.39 is 40.6 Å².